The van der Waals surface area contributed by atoms with E-state index in [1.807, 2.05) is 6.07 Å². The zero-order valence-corrected chi connectivity index (χ0v) is 13.3. The van der Waals surface area contributed by atoms with Crippen molar-refractivity contribution in [1.29, 1.82) is 0 Å². The Hall–Kier alpha value is -1.42. The summed E-state index contributed by atoms with van der Waals surface area (Å²) in [6, 6.07) is 8.41. The van der Waals surface area contributed by atoms with Gasteiger partial charge in [-0.15, -0.1) is 0 Å². The number of aromatic nitrogens is 2. The third-order valence-electron chi connectivity index (χ3n) is 3.67. The fourth-order valence-electron chi connectivity index (χ4n) is 2.44. The summed E-state index contributed by atoms with van der Waals surface area (Å²) in [6.07, 6.45) is 2.53. The van der Waals surface area contributed by atoms with Gasteiger partial charge in [0, 0.05) is 5.56 Å². The predicted molar refractivity (Wildman–Crippen MR) is 85.6 cm³/mol. The molecule has 3 nitrogen and oxygen atoms in total. The number of hydrogen-bond donors (Lipinski definition) is 1. The first-order chi connectivity index (χ1) is 9.58. The van der Waals surface area contributed by atoms with Crippen LogP contribution in [0.25, 0.3) is 11.4 Å². The van der Waals surface area contributed by atoms with Crippen molar-refractivity contribution >= 4 is 21.7 Å². The van der Waals surface area contributed by atoms with Crippen LogP contribution in [-0.4, -0.2) is 9.97 Å². The summed E-state index contributed by atoms with van der Waals surface area (Å²) in [5.74, 6) is 2.24. The molecular weight excluding hydrogens is 314 g/mol. The lowest BCUT2D eigenvalue weighted by Crippen LogP contribution is -2.05. The molecule has 0 saturated heterocycles. The quantitative estimate of drug-likeness (QED) is 0.901. The second kappa shape index (κ2) is 5.17. The maximum Gasteiger partial charge on any atom is 0.162 e. The molecule has 0 aliphatic heterocycles. The van der Waals surface area contributed by atoms with Gasteiger partial charge in [0.25, 0.3) is 0 Å². The summed E-state index contributed by atoms with van der Waals surface area (Å²) in [5.41, 5.74) is 9.48. The molecule has 0 spiro atoms. The largest absolute Gasteiger partial charge is 0.383 e. The Morgan fingerprint density at radius 3 is 2.55 bits per heavy atom. The van der Waals surface area contributed by atoms with Crippen LogP contribution in [0.3, 0.4) is 0 Å². The standard InChI is InChI=1S/C16H18BrN3/c1-9(2)14-13(17)15(18)20-16(19-14)12-6-4-3-5-11(12)10-7-8-10/h3-6,9-10H,7-8H2,1-2H3,(H2,18,19,20). The average Bonchev–Trinajstić information content (AvgIpc) is 3.26. The molecule has 104 valence electrons. The first-order valence-electron chi connectivity index (χ1n) is 7.00. The lowest BCUT2D eigenvalue weighted by Gasteiger charge is -2.13. The van der Waals surface area contributed by atoms with Gasteiger partial charge in [-0.25, -0.2) is 9.97 Å². The van der Waals surface area contributed by atoms with Crippen LogP contribution >= 0.6 is 15.9 Å². The highest BCUT2D eigenvalue weighted by Crippen LogP contribution is 2.44. The van der Waals surface area contributed by atoms with Gasteiger partial charge in [0.1, 0.15) is 5.82 Å². The third kappa shape index (κ3) is 2.44. The van der Waals surface area contributed by atoms with Crippen molar-refractivity contribution in [3.8, 4) is 11.4 Å². The first-order valence-corrected chi connectivity index (χ1v) is 7.79. The fourth-order valence-corrected chi connectivity index (χ4v) is 3.07. The van der Waals surface area contributed by atoms with Crippen molar-refractivity contribution in [3.63, 3.8) is 0 Å². The van der Waals surface area contributed by atoms with Gasteiger partial charge in [-0.05, 0) is 46.2 Å². The zero-order chi connectivity index (χ0) is 14.3. The molecule has 2 aromatic rings. The molecule has 4 heteroatoms. The van der Waals surface area contributed by atoms with E-state index in [4.69, 9.17) is 10.7 Å². The normalized spacial score (nSPS) is 14.8. The predicted octanol–water partition coefficient (Wildman–Crippen LogP) is 4.49. The van der Waals surface area contributed by atoms with E-state index in [-0.39, 0.29) is 0 Å². The maximum atomic E-state index is 6.04. The van der Waals surface area contributed by atoms with Gasteiger partial charge in [-0.2, -0.15) is 0 Å². The average molecular weight is 332 g/mol. The highest BCUT2D eigenvalue weighted by atomic mass is 79.9. The van der Waals surface area contributed by atoms with Crippen LogP contribution in [-0.2, 0) is 0 Å². The van der Waals surface area contributed by atoms with Gasteiger partial charge in [-0.1, -0.05) is 38.1 Å². The van der Waals surface area contributed by atoms with Gasteiger partial charge in [0.2, 0.25) is 0 Å². The highest BCUT2D eigenvalue weighted by Gasteiger charge is 2.27. The monoisotopic (exact) mass is 331 g/mol. The van der Waals surface area contributed by atoms with E-state index >= 15 is 0 Å². The second-order valence-corrected chi connectivity index (χ2v) is 6.44. The summed E-state index contributed by atoms with van der Waals surface area (Å²) in [4.78, 5) is 9.21. The Balaban J connectivity index is 2.15. The Morgan fingerprint density at radius 1 is 1.20 bits per heavy atom. The molecule has 1 heterocycles. The summed E-state index contributed by atoms with van der Waals surface area (Å²) in [5, 5.41) is 0. The number of nitrogens with zero attached hydrogens (tertiary/aromatic N) is 2. The molecule has 1 aliphatic carbocycles. The van der Waals surface area contributed by atoms with E-state index in [0.717, 1.165) is 21.6 Å². The molecule has 1 aromatic carbocycles. The third-order valence-corrected chi connectivity index (χ3v) is 4.48. The molecule has 0 unspecified atom stereocenters. The Morgan fingerprint density at radius 2 is 1.90 bits per heavy atom. The number of benzene rings is 1. The van der Waals surface area contributed by atoms with Crippen molar-refractivity contribution in [2.75, 3.05) is 5.73 Å². The molecule has 1 aromatic heterocycles. The molecule has 1 aliphatic rings. The first kappa shape index (κ1) is 13.6. The van der Waals surface area contributed by atoms with E-state index in [9.17, 15) is 0 Å². The van der Waals surface area contributed by atoms with Gasteiger partial charge in [-0.3, -0.25) is 0 Å². The van der Waals surface area contributed by atoms with Crippen LogP contribution in [0.15, 0.2) is 28.7 Å². The number of nitrogen functional groups attached to an aromatic ring is 1. The lowest BCUT2D eigenvalue weighted by molar-refractivity contribution is 0.810. The molecule has 0 radical (unpaired) electrons. The summed E-state index contributed by atoms with van der Waals surface area (Å²) in [6.45, 7) is 4.23. The van der Waals surface area contributed by atoms with Crippen LogP contribution in [0.1, 0.15) is 49.8 Å². The van der Waals surface area contributed by atoms with Gasteiger partial charge in [0.05, 0.1) is 10.2 Å². The molecule has 0 atom stereocenters. The van der Waals surface area contributed by atoms with Gasteiger partial charge >= 0.3 is 0 Å². The number of rotatable bonds is 3. The molecule has 1 fully saturated rings. The van der Waals surface area contributed by atoms with Crippen LogP contribution < -0.4 is 5.73 Å². The van der Waals surface area contributed by atoms with Crippen molar-refractivity contribution in [1.82, 2.24) is 9.97 Å². The van der Waals surface area contributed by atoms with Crippen LogP contribution in [0, 0.1) is 0 Å². The zero-order valence-electron chi connectivity index (χ0n) is 11.7. The lowest BCUT2D eigenvalue weighted by atomic mass is 10.0. The minimum atomic E-state index is 0.307. The Bertz CT molecular complexity index is 648. The maximum absolute atomic E-state index is 6.04. The van der Waals surface area contributed by atoms with E-state index in [0.29, 0.717) is 17.7 Å². The number of hydrogen-bond acceptors (Lipinski definition) is 3. The smallest absolute Gasteiger partial charge is 0.162 e. The molecule has 0 amide bonds. The Labute approximate surface area is 127 Å². The van der Waals surface area contributed by atoms with Crippen LogP contribution in [0.2, 0.25) is 0 Å². The van der Waals surface area contributed by atoms with E-state index in [2.05, 4.69) is 53.0 Å². The van der Waals surface area contributed by atoms with Crippen molar-refractivity contribution in [3.05, 3.63) is 40.0 Å². The summed E-state index contributed by atoms with van der Waals surface area (Å²) >= 11 is 3.50. The minimum absolute atomic E-state index is 0.307. The second-order valence-electron chi connectivity index (χ2n) is 5.65. The Kier molecular flexibility index (Phi) is 3.50. The summed E-state index contributed by atoms with van der Waals surface area (Å²) in [7, 11) is 0. The topological polar surface area (TPSA) is 51.8 Å². The van der Waals surface area contributed by atoms with Gasteiger partial charge in [0.15, 0.2) is 5.82 Å². The number of halogens is 1. The molecule has 3 rings (SSSR count). The van der Waals surface area contributed by atoms with Crippen molar-refractivity contribution in [2.45, 2.75) is 38.5 Å². The van der Waals surface area contributed by atoms with Gasteiger partial charge < -0.3 is 5.73 Å². The molecule has 2 N–H and O–H groups in total. The molecular formula is C16H18BrN3. The molecule has 1 saturated carbocycles. The van der Waals surface area contributed by atoms with Crippen molar-refractivity contribution in [2.24, 2.45) is 0 Å². The number of anilines is 1. The number of nitrogens with two attached hydrogens (primary N) is 1. The highest BCUT2D eigenvalue weighted by molar-refractivity contribution is 9.10. The van der Waals surface area contributed by atoms with E-state index in [1.54, 1.807) is 0 Å². The molecule has 20 heavy (non-hydrogen) atoms. The minimum Gasteiger partial charge on any atom is -0.383 e. The SMILES string of the molecule is CC(C)c1nc(-c2ccccc2C2CC2)nc(N)c1Br. The van der Waals surface area contributed by atoms with Crippen LogP contribution in [0.4, 0.5) is 5.82 Å². The van der Waals surface area contributed by atoms with E-state index in [1.165, 1.54) is 18.4 Å². The van der Waals surface area contributed by atoms with Crippen LogP contribution in [0.5, 0.6) is 0 Å². The van der Waals surface area contributed by atoms with Crippen molar-refractivity contribution < 1.29 is 0 Å². The molecule has 0 bridgehead atoms. The van der Waals surface area contributed by atoms with E-state index < -0.39 is 0 Å². The fraction of sp³-hybridized carbons (Fsp3) is 0.375. The summed E-state index contributed by atoms with van der Waals surface area (Å²) < 4.78 is 0.820.